The predicted molar refractivity (Wildman–Crippen MR) is 106 cm³/mol. The number of ether oxygens (including phenoxy) is 2. The zero-order valence-corrected chi connectivity index (χ0v) is 17.0. The number of benzene rings is 2. The van der Waals surface area contributed by atoms with Crippen molar-refractivity contribution < 1.29 is 27.8 Å². The average molecular weight is 408 g/mol. The van der Waals surface area contributed by atoms with E-state index in [4.69, 9.17) is 9.47 Å². The Hall–Kier alpha value is -2.78. The van der Waals surface area contributed by atoms with E-state index in [-0.39, 0.29) is 21.9 Å². The number of carbonyl (C=O) groups excluding carboxylic acids is 1. The summed E-state index contributed by atoms with van der Waals surface area (Å²) in [5.74, 6) is -0.0742. The number of rotatable bonds is 8. The van der Waals surface area contributed by atoms with E-state index in [0.717, 1.165) is 0 Å². The molecule has 0 aliphatic carbocycles. The van der Waals surface area contributed by atoms with Crippen LogP contribution in [0.2, 0.25) is 0 Å². The minimum atomic E-state index is -3.74. The van der Waals surface area contributed by atoms with Crippen LogP contribution < -0.4 is 14.8 Å². The average Bonchev–Trinajstić information content (AvgIpc) is 2.69. The largest absolute Gasteiger partial charge is 0.506 e. The minimum Gasteiger partial charge on any atom is -0.506 e. The number of anilines is 1. The van der Waals surface area contributed by atoms with Crippen LogP contribution in [0.1, 0.15) is 24.2 Å². The predicted octanol–water partition coefficient (Wildman–Crippen LogP) is 2.69. The summed E-state index contributed by atoms with van der Waals surface area (Å²) in [4.78, 5) is 12.7. The van der Waals surface area contributed by atoms with Crippen LogP contribution in [0.15, 0.2) is 41.3 Å². The van der Waals surface area contributed by atoms with Crippen LogP contribution in [-0.2, 0) is 10.0 Å². The number of hydrogen-bond acceptors (Lipinski definition) is 6. The van der Waals surface area contributed by atoms with E-state index < -0.39 is 15.9 Å². The summed E-state index contributed by atoms with van der Waals surface area (Å²) in [6.07, 6.45) is 0. The third-order valence-electron chi connectivity index (χ3n) is 4.21. The molecule has 0 radical (unpaired) electrons. The van der Waals surface area contributed by atoms with Gasteiger partial charge in [-0.15, -0.1) is 0 Å². The molecule has 0 atom stereocenters. The first kappa shape index (κ1) is 21.5. The van der Waals surface area contributed by atoms with Crippen molar-refractivity contribution in [1.29, 1.82) is 0 Å². The van der Waals surface area contributed by atoms with Gasteiger partial charge in [0.25, 0.3) is 5.91 Å². The second-order valence-corrected chi connectivity index (χ2v) is 7.73. The molecule has 0 saturated heterocycles. The number of phenolic OH excluding ortho intramolecular Hbond substituents is 1. The van der Waals surface area contributed by atoms with Crippen LogP contribution in [0.5, 0.6) is 17.2 Å². The number of carbonyl (C=O) groups is 1. The van der Waals surface area contributed by atoms with Gasteiger partial charge in [-0.2, -0.15) is 4.31 Å². The van der Waals surface area contributed by atoms with Crippen LogP contribution in [0.25, 0.3) is 0 Å². The quantitative estimate of drug-likeness (QED) is 0.651. The summed E-state index contributed by atoms with van der Waals surface area (Å²) in [6.45, 7) is 4.09. The van der Waals surface area contributed by atoms with Crippen molar-refractivity contribution in [3.8, 4) is 17.2 Å². The van der Waals surface area contributed by atoms with Gasteiger partial charge in [-0.05, 0) is 36.4 Å². The van der Waals surface area contributed by atoms with Crippen LogP contribution in [0.4, 0.5) is 5.69 Å². The van der Waals surface area contributed by atoms with E-state index in [1.54, 1.807) is 26.0 Å². The molecule has 1 amide bonds. The van der Waals surface area contributed by atoms with Crippen LogP contribution in [-0.4, -0.2) is 51.0 Å². The number of nitrogens with one attached hydrogen (secondary N) is 1. The molecular formula is C19H24N2O6S. The number of phenols is 1. The lowest BCUT2D eigenvalue weighted by Crippen LogP contribution is -2.30. The number of sulfonamides is 1. The molecule has 0 bridgehead atoms. The first-order chi connectivity index (χ1) is 13.3. The highest BCUT2D eigenvalue weighted by Crippen LogP contribution is 2.30. The normalized spacial score (nSPS) is 11.3. The standard InChI is InChI=1S/C19H24N2O6S/c1-5-21(6-2)28(24,25)14-8-9-17(22)16(12-14)20-19(23)15-11-13(26-3)7-10-18(15)27-4/h7-12,22H,5-6H2,1-4H3,(H,20,23). The Morgan fingerprint density at radius 2 is 1.75 bits per heavy atom. The Bertz CT molecular complexity index is 955. The van der Waals surface area contributed by atoms with E-state index in [0.29, 0.717) is 24.6 Å². The van der Waals surface area contributed by atoms with Gasteiger partial charge in [0, 0.05) is 13.1 Å². The number of nitrogens with zero attached hydrogens (tertiary/aromatic N) is 1. The third-order valence-corrected chi connectivity index (χ3v) is 6.26. The number of methoxy groups -OCH3 is 2. The van der Waals surface area contributed by atoms with E-state index in [2.05, 4.69) is 5.32 Å². The summed E-state index contributed by atoms with van der Waals surface area (Å²) in [5, 5.41) is 12.6. The van der Waals surface area contributed by atoms with Gasteiger partial charge in [-0.3, -0.25) is 4.79 Å². The molecule has 0 saturated carbocycles. The molecule has 2 aromatic carbocycles. The summed E-state index contributed by atoms with van der Waals surface area (Å²) in [5.41, 5.74) is 0.154. The smallest absolute Gasteiger partial charge is 0.259 e. The van der Waals surface area contributed by atoms with Gasteiger partial charge in [-0.25, -0.2) is 8.42 Å². The van der Waals surface area contributed by atoms with Crippen molar-refractivity contribution in [2.75, 3.05) is 32.6 Å². The van der Waals surface area contributed by atoms with Gasteiger partial charge in [0.2, 0.25) is 10.0 Å². The van der Waals surface area contributed by atoms with Gasteiger partial charge in [-0.1, -0.05) is 13.8 Å². The van der Waals surface area contributed by atoms with Crippen LogP contribution in [0.3, 0.4) is 0 Å². The first-order valence-corrected chi connectivity index (χ1v) is 10.1. The number of amides is 1. The Kier molecular flexibility index (Phi) is 6.87. The number of hydrogen-bond donors (Lipinski definition) is 2. The molecule has 9 heteroatoms. The maximum Gasteiger partial charge on any atom is 0.259 e. The highest BCUT2D eigenvalue weighted by atomic mass is 32.2. The summed E-state index contributed by atoms with van der Waals surface area (Å²) < 4.78 is 37.0. The molecule has 28 heavy (non-hydrogen) atoms. The van der Waals surface area contributed by atoms with Gasteiger partial charge in [0.05, 0.1) is 30.4 Å². The summed E-state index contributed by atoms with van der Waals surface area (Å²) in [7, 11) is -0.845. The lowest BCUT2D eigenvalue weighted by atomic mass is 10.1. The number of aromatic hydroxyl groups is 1. The molecular weight excluding hydrogens is 384 g/mol. The first-order valence-electron chi connectivity index (χ1n) is 8.65. The topological polar surface area (TPSA) is 105 Å². The molecule has 0 fully saturated rings. The molecule has 0 aromatic heterocycles. The SMILES string of the molecule is CCN(CC)S(=O)(=O)c1ccc(O)c(NC(=O)c2cc(OC)ccc2OC)c1. The second-order valence-electron chi connectivity index (χ2n) is 5.79. The van der Waals surface area contributed by atoms with Gasteiger partial charge >= 0.3 is 0 Å². The lowest BCUT2D eigenvalue weighted by Gasteiger charge is -2.19. The van der Waals surface area contributed by atoms with Gasteiger partial charge < -0.3 is 19.9 Å². The summed E-state index contributed by atoms with van der Waals surface area (Å²) >= 11 is 0. The third kappa shape index (κ3) is 4.37. The molecule has 0 spiro atoms. The van der Waals surface area contributed by atoms with E-state index in [1.165, 1.54) is 42.8 Å². The fraction of sp³-hybridized carbons (Fsp3) is 0.316. The molecule has 0 aliphatic heterocycles. The molecule has 152 valence electrons. The van der Waals surface area contributed by atoms with E-state index >= 15 is 0 Å². The maximum atomic E-state index is 12.7. The van der Waals surface area contributed by atoms with Gasteiger partial charge in [0.15, 0.2) is 0 Å². The van der Waals surface area contributed by atoms with Gasteiger partial charge in [0.1, 0.15) is 17.2 Å². The highest BCUT2D eigenvalue weighted by Gasteiger charge is 2.23. The zero-order valence-electron chi connectivity index (χ0n) is 16.2. The van der Waals surface area contributed by atoms with Crippen molar-refractivity contribution in [1.82, 2.24) is 4.31 Å². The molecule has 2 N–H and O–H groups in total. The monoisotopic (exact) mass is 408 g/mol. The Morgan fingerprint density at radius 3 is 2.32 bits per heavy atom. The zero-order chi connectivity index (χ0) is 20.9. The second kappa shape index (κ2) is 8.94. The Morgan fingerprint density at radius 1 is 1.07 bits per heavy atom. The fourth-order valence-electron chi connectivity index (χ4n) is 2.67. The minimum absolute atomic E-state index is 0.0249. The van der Waals surface area contributed by atoms with Crippen molar-refractivity contribution in [2.45, 2.75) is 18.7 Å². The highest BCUT2D eigenvalue weighted by molar-refractivity contribution is 7.89. The van der Waals surface area contributed by atoms with Crippen molar-refractivity contribution >= 4 is 21.6 Å². The molecule has 0 aliphatic rings. The Labute approximate surface area is 164 Å². The van der Waals surface area contributed by atoms with Crippen molar-refractivity contribution in [3.05, 3.63) is 42.0 Å². The fourth-order valence-corrected chi connectivity index (χ4v) is 4.15. The molecule has 2 aromatic rings. The van der Waals surface area contributed by atoms with E-state index in [9.17, 15) is 18.3 Å². The van der Waals surface area contributed by atoms with Crippen LogP contribution >= 0.6 is 0 Å². The maximum absolute atomic E-state index is 12.7. The van der Waals surface area contributed by atoms with E-state index in [1.807, 2.05) is 0 Å². The molecule has 0 heterocycles. The van der Waals surface area contributed by atoms with Crippen molar-refractivity contribution in [3.63, 3.8) is 0 Å². The molecule has 8 nitrogen and oxygen atoms in total. The summed E-state index contributed by atoms with van der Waals surface area (Å²) in [6, 6.07) is 8.47. The van der Waals surface area contributed by atoms with Crippen molar-refractivity contribution in [2.24, 2.45) is 0 Å². The van der Waals surface area contributed by atoms with Crippen LogP contribution in [0, 0.1) is 0 Å². The Balaban J connectivity index is 2.41. The molecule has 0 unspecified atom stereocenters. The lowest BCUT2D eigenvalue weighted by molar-refractivity contribution is 0.102. The molecule has 2 rings (SSSR count).